The van der Waals surface area contributed by atoms with Gasteiger partial charge in [0, 0.05) is 11.3 Å². The predicted octanol–water partition coefficient (Wildman–Crippen LogP) is 1.92. The smallest absolute Gasteiger partial charge is 0.248 e. The van der Waals surface area contributed by atoms with Crippen molar-refractivity contribution in [2.24, 2.45) is 0 Å². The number of hydrogen-bond donors (Lipinski definition) is 1. The van der Waals surface area contributed by atoms with Gasteiger partial charge in [-0.15, -0.1) is 5.10 Å². The molecule has 124 valence electrons. The Hall–Kier alpha value is -3.03. The first-order chi connectivity index (χ1) is 11.5. The monoisotopic (exact) mass is 328 g/mol. The molecule has 0 fully saturated rings. The minimum atomic E-state index is -0.303. The summed E-state index contributed by atoms with van der Waals surface area (Å²) >= 11 is 0. The first-order valence-corrected chi connectivity index (χ1v) is 7.45. The van der Waals surface area contributed by atoms with E-state index in [-0.39, 0.29) is 30.8 Å². The molecule has 0 saturated carbocycles. The van der Waals surface area contributed by atoms with Gasteiger partial charge in [0.2, 0.25) is 11.9 Å². The molecule has 0 saturated heterocycles. The zero-order chi connectivity index (χ0) is 17.1. The highest BCUT2D eigenvalue weighted by molar-refractivity contribution is 5.88. The van der Waals surface area contributed by atoms with Gasteiger partial charge in [0.05, 0.1) is 12.2 Å². The second-order valence-electron chi connectivity index (χ2n) is 5.49. The van der Waals surface area contributed by atoms with E-state index in [2.05, 4.69) is 20.5 Å². The summed E-state index contributed by atoms with van der Waals surface area (Å²) in [5.41, 5.74) is 2.26. The number of amides is 1. The number of aromatic nitrogens is 5. The van der Waals surface area contributed by atoms with Crippen LogP contribution in [0.2, 0.25) is 0 Å². The Bertz CT molecular complexity index is 869. The van der Waals surface area contributed by atoms with Crippen molar-refractivity contribution in [2.45, 2.75) is 26.9 Å². The number of benzene rings is 1. The Kier molecular flexibility index (Phi) is 4.37. The van der Waals surface area contributed by atoms with E-state index in [1.165, 1.54) is 17.1 Å². The van der Waals surface area contributed by atoms with Gasteiger partial charge in [-0.25, -0.2) is 14.1 Å². The molecule has 0 radical (unpaired) electrons. The molecular formula is C16H17FN6O. The molecule has 3 aromatic rings. The first-order valence-electron chi connectivity index (χ1n) is 7.45. The molecule has 3 rings (SSSR count). The van der Waals surface area contributed by atoms with E-state index in [0.717, 1.165) is 11.4 Å². The molecule has 2 heterocycles. The fourth-order valence-corrected chi connectivity index (χ4v) is 2.36. The van der Waals surface area contributed by atoms with Crippen molar-refractivity contribution >= 4 is 11.9 Å². The van der Waals surface area contributed by atoms with Crippen molar-refractivity contribution in [3.05, 3.63) is 59.4 Å². The second-order valence-corrected chi connectivity index (χ2v) is 5.49. The van der Waals surface area contributed by atoms with Gasteiger partial charge in [0.1, 0.15) is 18.7 Å². The molecule has 0 aliphatic heterocycles. The Labute approximate surface area is 138 Å². The summed E-state index contributed by atoms with van der Waals surface area (Å²) in [7, 11) is 0. The molecule has 7 nitrogen and oxygen atoms in total. The van der Waals surface area contributed by atoms with E-state index in [9.17, 15) is 9.18 Å². The average Bonchev–Trinajstić information content (AvgIpc) is 3.08. The Morgan fingerprint density at radius 1 is 1.25 bits per heavy atom. The topological polar surface area (TPSA) is 77.6 Å². The molecule has 0 unspecified atom stereocenters. The number of nitrogens with zero attached hydrogens (tertiary/aromatic N) is 5. The van der Waals surface area contributed by atoms with Crippen molar-refractivity contribution < 1.29 is 9.18 Å². The first kappa shape index (κ1) is 15.9. The number of carbonyl (C=O) groups is 1. The molecule has 0 atom stereocenters. The van der Waals surface area contributed by atoms with Crippen LogP contribution in [0.3, 0.4) is 0 Å². The maximum Gasteiger partial charge on any atom is 0.248 e. The number of rotatable bonds is 5. The van der Waals surface area contributed by atoms with Crippen LogP contribution in [-0.2, 0) is 17.9 Å². The quantitative estimate of drug-likeness (QED) is 0.776. The minimum absolute atomic E-state index is 0.0848. The van der Waals surface area contributed by atoms with Crippen molar-refractivity contribution in [3.63, 3.8) is 0 Å². The molecule has 2 aromatic heterocycles. The maximum absolute atomic E-state index is 13.6. The van der Waals surface area contributed by atoms with Gasteiger partial charge in [-0.3, -0.25) is 14.8 Å². The van der Waals surface area contributed by atoms with Crippen LogP contribution in [0.25, 0.3) is 0 Å². The highest BCUT2D eigenvalue weighted by Gasteiger charge is 2.10. The average molecular weight is 328 g/mol. The van der Waals surface area contributed by atoms with Crippen LogP contribution in [0.5, 0.6) is 0 Å². The standard InChI is InChI=1S/C16H17FN6O/c1-11-7-12(2)23(20-11)9-15(24)19-16-18-10-22(21-16)8-13-5-3-4-6-14(13)17/h3-7,10H,8-9H2,1-2H3,(H,19,21,24). The molecule has 1 amide bonds. The third-order valence-electron chi connectivity index (χ3n) is 3.47. The van der Waals surface area contributed by atoms with E-state index in [1.54, 1.807) is 22.9 Å². The fourth-order valence-electron chi connectivity index (χ4n) is 2.36. The highest BCUT2D eigenvalue weighted by Crippen LogP contribution is 2.09. The number of aryl methyl sites for hydroxylation is 2. The highest BCUT2D eigenvalue weighted by atomic mass is 19.1. The van der Waals surface area contributed by atoms with Crippen LogP contribution in [-0.4, -0.2) is 30.5 Å². The Morgan fingerprint density at radius 2 is 2.04 bits per heavy atom. The normalized spacial score (nSPS) is 10.8. The summed E-state index contributed by atoms with van der Waals surface area (Å²) in [6, 6.07) is 8.35. The molecular weight excluding hydrogens is 311 g/mol. The van der Waals surface area contributed by atoms with Gasteiger partial charge in [-0.05, 0) is 26.0 Å². The van der Waals surface area contributed by atoms with Crippen molar-refractivity contribution in [2.75, 3.05) is 5.32 Å². The lowest BCUT2D eigenvalue weighted by Crippen LogP contribution is -2.21. The van der Waals surface area contributed by atoms with Crippen LogP contribution >= 0.6 is 0 Å². The van der Waals surface area contributed by atoms with Gasteiger partial charge in [0.15, 0.2) is 0 Å². The van der Waals surface area contributed by atoms with Crippen molar-refractivity contribution in [3.8, 4) is 0 Å². The van der Waals surface area contributed by atoms with Crippen LogP contribution in [0.1, 0.15) is 17.0 Å². The summed E-state index contributed by atoms with van der Waals surface area (Å²) in [6.07, 6.45) is 1.45. The lowest BCUT2D eigenvalue weighted by molar-refractivity contribution is -0.117. The Balaban J connectivity index is 1.62. The number of halogens is 1. The number of nitrogens with one attached hydrogen (secondary N) is 1. The summed E-state index contributed by atoms with van der Waals surface area (Å²) < 4.78 is 16.7. The van der Waals surface area contributed by atoms with Gasteiger partial charge >= 0.3 is 0 Å². The summed E-state index contributed by atoms with van der Waals surface area (Å²) in [4.78, 5) is 16.1. The third-order valence-corrected chi connectivity index (χ3v) is 3.47. The van der Waals surface area contributed by atoms with Gasteiger partial charge < -0.3 is 0 Å². The Morgan fingerprint density at radius 3 is 2.75 bits per heavy atom. The number of anilines is 1. The van der Waals surface area contributed by atoms with E-state index in [0.29, 0.717) is 5.56 Å². The third kappa shape index (κ3) is 3.65. The van der Waals surface area contributed by atoms with E-state index in [4.69, 9.17) is 0 Å². The van der Waals surface area contributed by atoms with Crippen LogP contribution in [0.4, 0.5) is 10.3 Å². The molecule has 1 N–H and O–H groups in total. The number of hydrogen-bond acceptors (Lipinski definition) is 4. The summed E-state index contributed by atoms with van der Waals surface area (Å²) in [5, 5.41) is 11.0. The zero-order valence-corrected chi connectivity index (χ0v) is 13.4. The second kappa shape index (κ2) is 6.61. The molecule has 1 aromatic carbocycles. The lowest BCUT2D eigenvalue weighted by atomic mass is 10.2. The van der Waals surface area contributed by atoms with E-state index in [1.807, 2.05) is 19.9 Å². The zero-order valence-electron chi connectivity index (χ0n) is 13.4. The summed E-state index contributed by atoms with van der Waals surface area (Å²) in [5.74, 6) is -0.397. The maximum atomic E-state index is 13.6. The van der Waals surface area contributed by atoms with Crippen LogP contribution < -0.4 is 5.32 Å². The summed E-state index contributed by atoms with van der Waals surface area (Å²) in [6.45, 7) is 4.08. The minimum Gasteiger partial charge on any atom is -0.292 e. The van der Waals surface area contributed by atoms with Gasteiger partial charge in [-0.2, -0.15) is 5.10 Å². The van der Waals surface area contributed by atoms with Crippen LogP contribution in [0, 0.1) is 19.7 Å². The molecule has 24 heavy (non-hydrogen) atoms. The molecule has 0 aliphatic carbocycles. The van der Waals surface area contributed by atoms with Gasteiger partial charge in [0.25, 0.3) is 0 Å². The lowest BCUT2D eigenvalue weighted by Gasteiger charge is -2.04. The van der Waals surface area contributed by atoms with Crippen molar-refractivity contribution in [1.82, 2.24) is 24.5 Å². The predicted molar refractivity (Wildman–Crippen MR) is 85.9 cm³/mol. The van der Waals surface area contributed by atoms with Gasteiger partial charge in [-0.1, -0.05) is 18.2 Å². The van der Waals surface area contributed by atoms with Crippen molar-refractivity contribution in [1.29, 1.82) is 0 Å². The molecule has 0 bridgehead atoms. The SMILES string of the molecule is Cc1cc(C)n(CC(=O)Nc2ncn(Cc3ccccc3F)n2)n1. The number of carbonyl (C=O) groups excluding carboxylic acids is 1. The van der Waals surface area contributed by atoms with E-state index >= 15 is 0 Å². The van der Waals surface area contributed by atoms with E-state index < -0.39 is 0 Å². The fraction of sp³-hybridized carbons (Fsp3) is 0.250. The van der Waals surface area contributed by atoms with Crippen LogP contribution in [0.15, 0.2) is 36.7 Å². The molecule has 0 aliphatic rings. The molecule has 8 heteroatoms. The molecule has 0 spiro atoms. The largest absolute Gasteiger partial charge is 0.292 e.